The third-order valence-electron chi connectivity index (χ3n) is 4.60. The maximum Gasteiger partial charge on any atom is 0.121 e. The summed E-state index contributed by atoms with van der Waals surface area (Å²) in [4.78, 5) is 2.54. The van der Waals surface area contributed by atoms with Crippen LogP contribution >= 0.6 is 0 Å². The molecule has 0 aromatic heterocycles. The first-order chi connectivity index (χ1) is 11.3. The minimum Gasteiger partial charge on any atom is -0.496 e. The highest BCUT2D eigenvalue weighted by Crippen LogP contribution is 2.19. The Balaban J connectivity index is 1.43. The van der Waals surface area contributed by atoms with Gasteiger partial charge in [0, 0.05) is 32.7 Å². The van der Waals surface area contributed by atoms with E-state index in [1.807, 2.05) is 6.07 Å². The van der Waals surface area contributed by atoms with Gasteiger partial charge in [0.15, 0.2) is 0 Å². The summed E-state index contributed by atoms with van der Waals surface area (Å²) in [6.07, 6.45) is 1.17. The molecule has 2 aromatic rings. The first-order valence-corrected chi connectivity index (χ1v) is 8.39. The van der Waals surface area contributed by atoms with Crippen LogP contribution in [0.3, 0.4) is 0 Å². The normalized spacial score (nSPS) is 14.5. The van der Waals surface area contributed by atoms with E-state index >= 15 is 0 Å². The highest BCUT2D eigenvalue weighted by molar-refractivity contribution is 5.36. The summed E-state index contributed by atoms with van der Waals surface area (Å²) in [5.74, 6) is 0.959. The molecule has 0 fully saturated rings. The molecule has 0 radical (unpaired) electrons. The van der Waals surface area contributed by atoms with Crippen molar-refractivity contribution in [1.82, 2.24) is 10.2 Å². The van der Waals surface area contributed by atoms with E-state index in [0.717, 1.165) is 31.9 Å². The third-order valence-corrected chi connectivity index (χ3v) is 4.60. The number of hydrogen-bond acceptors (Lipinski definition) is 3. The van der Waals surface area contributed by atoms with Crippen molar-refractivity contribution >= 4 is 0 Å². The average Bonchev–Trinajstić information content (AvgIpc) is 2.59. The molecule has 23 heavy (non-hydrogen) atoms. The monoisotopic (exact) mass is 310 g/mol. The van der Waals surface area contributed by atoms with Crippen LogP contribution < -0.4 is 10.1 Å². The number of nitrogens with zero attached hydrogens (tertiary/aromatic N) is 1. The first-order valence-electron chi connectivity index (χ1n) is 8.39. The number of ether oxygens (including phenoxy) is 1. The molecule has 0 atom stereocenters. The fourth-order valence-electron chi connectivity index (χ4n) is 3.27. The number of methoxy groups -OCH3 is 1. The molecule has 1 aliphatic rings. The molecule has 0 spiro atoms. The third kappa shape index (κ3) is 4.12. The Morgan fingerprint density at radius 2 is 1.96 bits per heavy atom. The van der Waals surface area contributed by atoms with Gasteiger partial charge in [-0.2, -0.15) is 0 Å². The van der Waals surface area contributed by atoms with E-state index < -0.39 is 0 Å². The van der Waals surface area contributed by atoms with Gasteiger partial charge in [-0.05, 0) is 41.7 Å². The van der Waals surface area contributed by atoms with Gasteiger partial charge < -0.3 is 10.1 Å². The minimum atomic E-state index is 0.912. The van der Waals surface area contributed by atoms with Gasteiger partial charge in [0.25, 0.3) is 0 Å². The van der Waals surface area contributed by atoms with Gasteiger partial charge in [0.2, 0.25) is 0 Å². The highest BCUT2D eigenvalue weighted by Gasteiger charge is 2.14. The van der Waals surface area contributed by atoms with Crippen molar-refractivity contribution < 1.29 is 4.74 Å². The molecule has 3 rings (SSSR count). The van der Waals surface area contributed by atoms with Crippen LogP contribution in [0.15, 0.2) is 42.5 Å². The van der Waals surface area contributed by atoms with Crippen LogP contribution in [0.5, 0.6) is 5.75 Å². The van der Waals surface area contributed by atoms with Crippen molar-refractivity contribution in [3.8, 4) is 5.75 Å². The van der Waals surface area contributed by atoms with Crippen molar-refractivity contribution in [2.75, 3.05) is 26.7 Å². The van der Waals surface area contributed by atoms with Crippen molar-refractivity contribution in [2.45, 2.75) is 26.4 Å². The Labute approximate surface area is 139 Å². The van der Waals surface area contributed by atoms with Crippen molar-refractivity contribution in [3.63, 3.8) is 0 Å². The molecule has 3 nitrogen and oxygen atoms in total. The zero-order valence-electron chi connectivity index (χ0n) is 14.1. The summed E-state index contributed by atoms with van der Waals surface area (Å²) in [6.45, 7) is 7.37. The second-order valence-corrected chi connectivity index (χ2v) is 6.28. The molecule has 1 heterocycles. The predicted molar refractivity (Wildman–Crippen MR) is 94.9 cm³/mol. The van der Waals surface area contributed by atoms with E-state index in [9.17, 15) is 0 Å². The minimum absolute atomic E-state index is 0.912. The van der Waals surface area contributed by atoms with Crippen LogP contribution in [0.2, 0.25) is 0 Å². The van der Waals surface area contributed by atoms with E-state index in [1.165, 1.54) is 35.2 Å². The number of fused-ring (bicyclic) bond motifs is 1. The molecule has 3 heteroatoms. The lowest BCUT2D eigenvalue weighted by Crippen LogP contribution is -2.35. The summed E-state index contributed by atoms with van der Waals surface area (Å²) in [6, 6.07) is 15.2. The smallest absolute Gasteiger partial charge is 0.121 e. The second-order valence-electron chi connectivity index (χ2n) is 6.28. The van der Waals surface area contributed by atoms with Crippen molar-refractivity contribution in [1.29, 1.82) is 0 Å². The van der Waals surface area contributed by atoms with Crippen LogP contribution in [0.1, 0.15) is 22.3 Å². The Morgan fingerprint density at radius 3 is 2.74 bits per heavy atom. The molecule has 122 valence electrons. The summed E-state index contributed by atoms with van der Waals surface area (Å²) in [5.41, 5.74) is 5.52. The summed E-state index contributed by atoms with van der Waals surface area (Å²) in [7, 11) is 1.72. The van der Waals surface area contributed by atoms with Crippen LogP contribution in [0, 0.1) is 6.92 Å². The molecular weight excluding hydrogens is 284 g/mol. The zero-order valence-corrected chi connectivity index (χ0v) is 14.1. The molecule has 2 aromatic carbocycles. The summed E-state index contributed by atoms with van der Waals surface area (Å²) >= 11 is 0. The number of rotatable bonds is 6. The lowest BCUT2D eigenvalue weighted by Gasteiger charge is -2.28. The zero-order chi connectivity index (χ0) is 16.1. The van der Waals surface area contributed by atoms with Gasteiger partial charge in [-0.15, -0.1) is 0 Å². The van der Waals surface area contributed by atoms with E-state index in [-0.39, 0.29) is 0 Å². The van der Waals surface area contributed by atoms with Gasteiger partial charge in [0.1, 0.15) is 5.75 Å². The molecule has 1 aliphatic heterocycles. The Kier molecular flexibility index (Phi) is 5.31. The number of benzene rings is 2. The Morgan fingerprint density at radius 1 is 1.13 bits per heavy atom. The molecule has 0 saturated heterocycles. The molecule has 0 bridgehead atoms. The molecule has 0 amide bonds. The van der Waals surface area contributed by atoms with Crippen LogP contribution in [-0.2, 0) is 19.5 Å². The van der Waals surface area contributed by atoms with Crippen LogP contribution in [0.4, 0.5) is 0 Å². The quantitative estimate of drug-likeness (QED) is 0.830. The summed E-state index contributed by atoms with van der Waals surface area (Å²) < 4.78 is 5.31. The SMILES string of the molecule is COc1ccc(CNCCN2CCc3ccccc3C2)cc1C. The first kappa shape index (κ1) is 16.0. The molecule has 1 N–H and O–H groups in total. The standard InChI is InChI=1S/C20H26N2O/c1-16-13-17(7-8-20(16)23-2)14-21-10-12-22-11-9-18-5-3-4-6-19(18)15-22/h3-8,13,21H,9-12,14-15H2,1-2H3. The fourth-order valence-corrected chi connectivity index (χ4v) is 3.27. The molecule has 0 saturated carbocycles. The lowest BCUT2D eigenvalue weighted by atomic mass is 10.00. The van der Waals surface area contributed by atoms with E-state index in [4.69, 9.17) is 4.74 Å². The lowest BCUT2D eigenvalue weighted by molar-refractivity contribution is 0.254. The highest BCUT2D eigenvalue weighted by atomic mass is 16.5. The van der Waals surface area contributed by atoms with Crippen molar-refractivity contribution in [2.24, 2.45) is 0 Å². The molecule has 0 aliphatic carbocycles. The van der Waals surface area contributed by atoms with Gasteiger partial charge in [-0.25, -0.2) is 0 Å². The van der Waals surface area contributed by atoms with Crippen LogP contribution in [-0.4, -0.2) is 31.6 Å². The maximum atomic E-state index is 5.31. The largest absolute Gasteiger partial charge is 0.496 e. The second kappa shape index (κ2) is 7.62. The van der Waals surface area contributed by atoms with Gasteiger partial charge >= 0.3 is 0 Å². The molecule has 0 unspecified atom stereocenters. The van der Waals surface area contributed by atoms with Crippen LogP contribution in [0.25, 0.3) is 0 Å². The van der Waals surface area contributed by atoms with Gasteiger partial charge in [0.05, 0.1) is 7.11 Å². The fraction of sp³-hybridized carbons (Fsp3) is 0.400. The van der Waals surface area contributed by atoms with Gasteiger partial charge in [-0.3, -0.25) is 4.90 Å². The number of hydrogen-bond donors (Lipinski definition) is 1. The van der Waals surface area contributed by atoms with E-state index in [0.29, 0.717) is 0 Å². The maximum absolute atomic E-state index is 5.31. The molecular formula is C20H26N2O. The Bertz CT molecular complexity index is 654. The Hall–Kier alpha value is -1.84. The summed E-state index contributed by atoms with van der Waals surface area (Å²) in [5, 5.41) is 3.56. The van der Waals surface area contributed by atoms with Gasteiger partial charge in [-0.1, -0.05) is 36.4 Å². The number of nitrogens with one attached hydrogen (secondary N) is 1. The topological polar surface area (TPSA) is 24.5 Å². The average molecular weight is 310 g/mol. The predicted octanol–water partition coefficient (Wildman–Crippen LogP) is 3.15. The van der Waals surface area contributed by atoms with Crippen molar-refractivity contribution in [3.05, 3.63) is 64.7 Å². The van der Waals surface area contributed by atoms with E-state index in [2.05, 4.69) is 53.5 Å². The van der Waals surface area contributed by atoms with E-state index in [1.54, 1.807) is 7.11 Å². The number of aryl methyl sites for hydroxylation is 1.